The van der Waals surface area contributed by atoms with E-state index < -0.39 is 0 Å². The van der Waals surface area contributed by atoms with Crippen LogP contribution in [0.25, 0.3) is 0 Å². The van der Waals surface area contributed by atoms with Gasteiger partial charge in [0.15, 0.2) is 0 Å². The molecule has 4 rings (SSSR count). The highest BCUT2D eigenvalue weighted by Crippen LogP contribution is 2.40. The standard InChI is InChI=1S/C19H14Cl2N2S/c20-14-9-7-13(8-10-14)16-12-18(19-6-3-11-24-19)23(22-16)17-5-2-1-4-15(17)21/h1-11,18H,12H2. The summed E-state index contributed by atoms with van der Waals surface area (Å²) in [6.07, 6.45) is 0.841. The Hall–Kier alpha value is -1.81. The molecule has 0 amide bonds. The van der Waals surface area contributed by atoms with Crippen molar-refractivity contribution >= 4 is 45.9 Å². The van der Waals surface area contributed by atoms with E-state index in [2.05, 4.69) is 17.5 Å². The summed E-state index contributed by atoms with van der Waals surface area (Å²) >= 11 is 14.2. The largest absolute Gasteiger partial charge is 0.255 e. The number of halogens is 2. The van der Waals surface area contributed by atoms with Gasteiger partial charge in [-0.1, -0.05) is 53.5 Å². The van der Waals surface area contributed by atoms with Crippen molar-refractivity contribution in [1.82, 2.24) is 0 Å². The van der Waals surface area contributed by atoms with Gasteiger partial charge in [-0.2, -0.15) is 5.10 Å². The van der Waals surface area contributed by atoms with Crippen LogP contribution in [-0.4, -0.2) is 5.71 Å². The molecule has 0 saturated carbocycles. The van der Waals surface area contributed by atoms with Gasteiger partial charge in [0, 0.05) is 16.3 Å². The van der Waals surface area contributed by atoms with Crippen LogP contribution in [-0.2, 0) is 0 Å². The second-order valence-corrected chi connectivity index (χ2v) is 7.41. The number of benzene rings is 2. The van der Waals surface area contributed by atoms with Crippen molar-refractivity contribution in [3.8, 4) is 0 Å². The van der Waals surface area contributed by atoms with E-state index in [0.29, 0.717) is 5.02 Å². The number of anilines is 1. The first-order valence-electron chi connectivity index (χ1n) is 7.63. The first-order chi connectivity index (χ1) is 11.7. The van der Waals surface area contributed by atoms with E-state index in [4.69, 9.17) is 28.3 Å². The molecule has 0 saturated heterocycles. The van der Waals surface area contributed by atoms with Crippen LogP contribution in [0.4, 0.5) is 5.69 Å². The summed E-state index contributed by atoms with van der Waals surface area (Å²) in [5.74, 6) is 0. The summed E-state index contributed by atoms with van der Waals surface area (Å²) in [6, 6.07) is 20.1. The Balaban J connectivity index is 1.77. The Bertz CT molecular complexity index is 873. The third kappa shape index (κ3) is 2.95. The van der Waals surface area contributed by atoms with Crippen molar-refractivity contribution in [2.45, 2.75) is 12.5 Å². The second-order valence-electron chi connectivity index (χ2n) is 5.58. The van der Waals surface area contributed by atoms with Gasteiger partial charge in [0.2, 0.25) is 0 Å². The highest BCUT2D eigenvalue weighted by atomic mass is 35.5. The van der Waals surface area contributed by atoms with Crippen LogP contribution in [0.1, 0.15) is 22.9 Å². The minimum atomic E-state index is 0.163. The summed E-state index contributed by atoms with van der Waals surface area (Å²) < 4.78 is 0. The van der Waals surface area contributed by atoms with Gasteiger partial charge in [-0.15, -0.1) is 11.3 Å². The first-order valence-corrected chi connectivity index (χ1v) is 9.26. The molecule has 2 nitrogen and oxygen atoms in total. The predicted octanol–water partition coefficient (Wildman–Crippen LogP) is 6.41. The number of rotatable bonds is 3. The molecule has 1 unspecified atom stereocenters. The second kappa shape index (κ2) is 6.60. The van der Waals surface area contributed by atoms with Crippen LogP contribution in [0, 0.1) is 0 Å². The smallest absolute Gasteiger partial charge is 0.0924 e. The normalized spacial score (nSPS) is 17.2. The van der Waals surface area contributed by atoms with Crippen molar-refractivity contribution in [3.63, 3.8) is 0 Å². The highest BCUT2D eigenvalue weighted by molar-refractivity contribution is 7.10. The van der Waals surface area contributed by atoms with Crippen LogP contribution in [0.3, 0.4) is 0 Å². The van der Waals surface area contributed by atoms with Crippen LogP contribution >= 0.6 is 34.5 Å². The van der Waals surface area contributed by atoms with Gasteiger partial charge in [-0.3, -0.25) is 5.01 Å². The lowest BCUT2D eigenvalue weighted by molar-refractivity contribution is 0.722. The average molecular weight is 373 g/mol. The average Bonchev–Trinajstić information content (AvgIpc) is 3.25. The monoisotopic (exact) mass is 372 g/mol. The van der Waals surface area contributed by atoms with Gasteiger partial charge in [0.1, 0.15) is 0 Å². The molecular weight excluding hydrogens is 359 g/mol. The van der Waals surface area contributed by atoms with Crippen LogP contribution < -0.4 is 5.01 Å². The van der Waals surface area contributed by atoms with E-state index >= 15 is 0 Å². The lowest BCUT2D eigenvalue weighted by Crippen LogP contribution is -2.17. The van der Waals surface area contributed by atoms with Crippen molar-refractivity contribution in [2.24, 2.45) is 5.10 Å². The molecule has 5 heteroatoms. The molecule has 0 radical (unpaired) electrons. The van der Waals surface area contributed by atoms with Crippen molar-refractivity contribution in [1.29, 1.82) is 0 Å². The fourth-order valence-electron chi connectivity index (χ4n) is 2.89. The Kier molecular flexibility index (Phi) is 4.31. The number of hydrogen-bond acceptors (Lipinski definition) is 3. The quantitative estimate of drug-likeness (QED) is 0.518. The number of para-hydroxylation sites is 1. The molecule has 1 atom stereocenters. The van der Waals surface area contributed by atoms with Crippen molar-refractivity contribution in [3.05, 3.63) is 86.5 Å². The Morgan fingerprint density at radius 3 is 2.46 bits per heavy atom. The molecule has 2 heterocycles. The Morgan fingerprint density at radius 2 is 1.75 bits per heavy atom. The van der Waals surface area contributed by atoms with E-state index in [0.717, 1.165) is 28.4 Å². The highest BCUT2D eigenvalue weighted by Gasteiger charge is 2.31. The number of hydrogen-bond donors (Lipinski definition) is 0. The lowest BCUT2D eigenvalue weighted by atomic mass is 10.0. The first kappa shape index (κ1) is 15.7. The molecule has 3 aromatic rings. The zero-order chi connectivity index (χ0) is 16.5. The molecule has 1 aliphatic rings. The number of hydrazone groups is 1. The Morgan fingerprint density at radius 1 is 0.958 bits per heavy atom. The van der Waals surface area contributed by atoms with E-state index in [1.165, 1.54) is 4.88 Å². The minimum absolute atomic E-state index is 0.163. The number of thiophene rings is 1. The van der Waals surface area contributed by atoms with Crippen molar-refractivity contribution in [2.75, 3.05) is 5.01 Å². The zero-order valence-electron chi connectivity index (χ0n) is 12.7. The molecule has 0 spiro atoms. The van der Waals surface area contributed by atoms with Gasteiger partial charge in [0.25, 0.3) is 0 Å². The third-order valence-corrected chi connectivity index (χ3v) is 5.60. The summed E-state index contributed by atoms with van der Waals surface area (Å²) in [4.78, 5) is 1.28. The molecule has 0 N–H and O–H groups in total. The number of nitrogens with zero attached hydrogens (tertiary/aromatic N) is 2. The van der Waals surface area contributed by atoms with E-state index in [1.807, 2.05) is 53.5 Å². The van der Waals surface area contributed by atoms with E-state index in [9.17, 15) is 0 Å². The molecule has 0 bridgehead atoms. The topological polar surface area (TPSA) is 15.6 Å². The van der Waals surface area contributed by atoms with Crippen LogP contribution in [0.15, 0.2) is 71.1 Å². The molecule has 24 heavy (non-hydrogen) atoms. The fraction of sp³-hybridized carbons (Fsp3) is 0.105. The minimum Gasteiger partial charge on any atom is -0.255 e. The summed E-state index contributed by atoms with van der Waals surface area (Å²) in [5.41, 5.74) is 3.07. The maximum atomic E-state index is 6.42. The maximum Gasteiger partial charge on any atom is 0.0924 e. The van der Waals surface area contributed by atoms with Crippen LogP contribution in [0.2, 0.25) is 10.0 Å². The molecule has 2 aromatic carbocycles. The van der Waals surface area contributed by atoms with E-state index in [1.54, 1.807) is 11.3 Å². The molecular formula is C19H14Cl2N2S. The SMILES string of the molecule is Clc1ccc(C2=NN(c3ccccc3Cl)C(c3cccs3)C2)cc1. The van der Waals surface area contributed by atoms with Gasteiger partial charge >= 0.3 is 0 Å². The van der Waals surface area contributed by atoms with Gasteiger partial charge in [-0.05, 0) is 41.3 Å². The van der Waals surface area contributed by atoms with Gasteiger partial charge < -0.3 is 0 Å². The zero-order valence-corrected chi connectivity index (χ0v) is 15.0. The lowest BCUT2D eigenvalue weighted by Gasteiger charge is -2.23. The fourth-order valence-corrected chi connectivity index (χ4v) is 4.05. The van der Waals surface area contributed by atoms with E-state index in [-0.39, 0.29) is 6.04 Å². The van der Waals surface area contributed by atoms with Crippen LogP contribution in [0.5, 0.6) is 0 Å². The third-order valence-electron chi connectivity index (χ3n) is 4.06. The van der Waals surface area contributed by atoms with Crippen molar-refractivity contribution < 1.29 is 0 Å². The van der Waals surface area contributed by atoms with Gasteiger partial charge in [-0.25, -0.2) is 0 Å². The van der Waals surface area contributed by atoms with Gasteiger partial charge in [0.05, 0.1) is 22.5 Å². The maximum absolute atomic E-state index is 6.42. The molecule has 0 fully saturated rings. The predicted molar refractivity (Wildman–Crippen MR) is 104 cm³/mol. The summed E-state index contributed by atoms with van der Waals surface area (Å²) in [6.45, 7) is 0. The summed E-state index contributed by atoms with van der Waals surface area (Å²) in [7, 11) is 0. The molecule has 1 aliphatic heterocycles. The molecule has 1 aromatic heterocycles. The summed E-state index contributed by atoms with van der Waals surface area (Å²) in [5, 5.41) is 10.5. The molecule has 0 aliphatic carbocycles. The Labute approximate surface area is 155 Å². The molecule has 120 valence electrons.